The first-order valence-electron chi connectivity index (χ1n) is 11.8. The van der Waals surface area contributed by atoms with Gasteiger partial charge < -0.3 is 14.8 Å². The summed E-state index contributed by atoms with van der Waals surface area (Å²) in [5, 5.41) is 20.1. The molecule has 1 aromatic carbocycles. The van der Waals surface area contributed by atoms with Gasteiger partial charge in [-0.3, -0.25) is 19.4 Å². The molecule has 0 fully saturated rings. The first kappa shape index (κ1) is 26.3. The molecule has 12 nitrogen and oxygen atoms in total. The molecule has 12 heteroatoms. The summed E-state index contributed by atoms with van der Waals surface area (Å²) in [4.78, 5) is 34.2. The van der Waals surface area contributed by atoms with Gasteiger partial charge in [-0.1, -0.05) is 12.1 Å². The third kappa shape index (κ3) is 6.51. The summed E-state index contributed by atoms with van der Waals surface area (Å²) in [6.07, 6.45) is 4.40. The zero-order chi connectivity index (χ0) is 27.3. The van der Waals surface area contributed by atoms with E-state index in [1.807, 2.05) is 12.1 Å². The van der Waals surface area contributed by atoms with E-state index in [0.29, 0.717) is 41.1 Å². The molecule has 2 N–H and O–H groups in total. The second-order valence-corrected chi connectivity index (χ2v) is 9.47. The average Bonchev–Trinajstić information content (AvgIpc) is 3.30. The SMILES string of the molecule is COCCn1cc(Nc2ncc3cc(C#N)c(=O)n(Cc4cccc(NC(=O)OC(C)(C)C)c4)c3n2)cn1. The number of anilines is 3. The van der Waals surface area contributed by atoms with Crippen molar-refractivity contribution in [3.63, 3.8) is 0 Å². The Morgan fingerprint density at radius 3 is 2.74 bits per heavy atom. The Balaban J connectivity index is 1.64. The summed E-state index contributed by atoms with van der Waals surface area (Å²) in [6.45, 7) is 6.56. The van der Waals surface area contributed by atoms with E-state index in [4.69, 9.17) is 9.47 Å². The second kappa shape index (κ2) is 11.1. The lowest BCUT2D eigenvalue weighted by molar-refractivity contribution is 0.0636. The Kier molecular flexibility index (Phi) is 7.68. The van der Waals surface area contributed by atoms with Crippen LogP contribution in [-0.4, -0.2) is 49.7 Å². The fourth-order valence-electron chi connectivity index (χ4n) is 3.66. The number of ether oxygens (including phenoxy) is 2. The molecular formula is C26H28N8O4. The number of nitrogens with one attached hydrogen (secondary N) is 2. The first-order valence-corrected chi connectivity index (χ1v) is 11.8. The lowest BCUT2D eigenvalue weighted by Crippen LogP contribution is -2.27. The van der Waals surface area contributed by atoms with Gasteiger partial charge in [0, 0.05) is 30.6 Å². The average molecular weight is 517 g/mol. The van der Waals surface area contributed by atoms with Gasteiger partial charge >= 0.3 is 6.09 Å². The molecule has 0 unspecified atom stereocenters. The summed E-state index contributed by atoms with van der Waals surface area (Å²) in [7, 11) is 1.62. The highest BCUT2D eigenvalue weighted by molar-refractivity contribution is 5.85. The van der Waals surface area contributed by atoms with Crippen molar-refractivity contribution in [1.29, 1.82) is 5.26 Å². The van der Waals surface area contributed by atoms with Gasteiger partial charge in [0.15, 0.2) is 0 Å². The molecule has 0 saturated carbocycles. The van der Waals surface area contributed by atoms with Crippen LogP contribution in [0.25, 0.3) is 11.0 Å². The van der Waals surface area contributed by atoms with Gasteiger partial charge in [0.1, 0.15) is 22.9 Å². The van der Waals surface area contributed by atoms with E-state index < -0.39 is 17.3 Å². The molecule has 4 rings (SSSR count). The molecule has 4 aromatic rings. The number of pyridine rings is 1. The van der Waals surface area contributed by atoms with Crippen molar-refractivity contribution >= 4 is 34.4 Å². The molecule has 0 aliphatic heterocycles. The third-order valence-electron chi connectivity index (χ3n) is 5.27. The number of rotatable bonds is 8. The second-order valence-electron chi connectivity index (χ2n) is 9.47. The number of nitrogens with zero attached hydrogens (tertiary/aromatic N) is 6. The Morgan fingerprint density at radius 1 is 1.18 bits per heavy atom. The van der Waals surface area contributed by atoms with Gasteiger partial charge in [0.2, 0.25) is 5.95 Å². The van der Waals surface area contributed by atoms with Crippen LogP contribution in [0.15, 0.2) is 53.7 Å². The van der Waals surface area contributed by atoms with Crippen LogP contribution in [0.1, 0.15) is 31.9 Å². The maximum Gasteiger partial charge on any atom is 0.412 e. The number of carbonyl (C=O) groups excluding carboxylic acids is 1. The van der Waals surface area contributed by atoms with Gasteiger partial charge in [-0.15, -0.1) is 0 Å². The molecule has 196 valence electrons. The highest BCUT2D eigenvalue weighted by Crippen LogP contribution is 2.19. The van der Waals surface area contributed by atoms with E-state index in [-0.39, 0.29) is 18.1 Å². The summed E-state index contributed by atoms with van der Waals surface area (Å²) >= 11 is 0. The topological polar surface area (TPSA) is 149 Å². The monoisotopic (exact) mass is 516 g/mol. The minimum atomic E-state index is -0.639. The number of amides is 1. The van der Waals surface area contributed by atoms with E-state index in [0.717, 1.165) is 0 Å². The van der Waals surface area contributed by atoms with Crippen LogP contribution in [-0.2, 0) is 22.6 Å². The number of fused-ring (bicyclic) bond motifs is 1. The number of hydrogen-bond donors (Lipinski definition) is 2. The van der Waals surface area contributed by atoms with Gasteiger partial charge in [0.05, 0.1) is 31.6 Å². The van der Waals surface area contributed by atoms with Crippen LogP contribution in [0, 0.1) is 11.3 Å². The predicted molar refractivity (Wildman–Crippen MR) is 141 cm³/mol. The third-order valence-corrected chi connectivity index (χ3v) is 5.27. The molecule has 0 saturated heterocycles. The van der Waals surface area contributed by atoms with E-state index in [9.17, 15) is 14.9 Å². The molecule has 0 radical (unpaired) electrons. The van der Waals surface area contributed by atoms with Crippen LogP contribution in [0.2, 0.25) is 0 Å². The quantitative estimate of drug-likeness (QED) is 0.358. The van der Waals surface area contributed by atoms with Crippen molar-refractivity contribution in [3.05, 3.63) is 70.4 Å². The number of hydrogen-bond acceptors (Lipinski definition) is 9. The van der Waals surface area contributed by atoms with Crippen molar-refractivity contribution in [1.82, 2.24) is 24.3 Å². The fourth-order valence-corrected chi connectivity index (χ4v) is 3.66. The first-order chi connectivity index (χ1) is 18.1. The molecule has 0 aliphatic rings. The minimum absolute atomic E-state index is 0.0238. The largest absolute Gasteiger partial charge is 0.444 e. The van der Waals surface area contributed by atoms with Gasteiger partial charge in [-0.25, -0.2) is 9.78 Å². The lowest BCUT2D eigenvalue weighted by Gasteiger charge is -2.19. The van der Waals surface area contributed by atoms with Crippen molar-refractivity contribution in [3.8, 4) is 6.07 Å². The molecule has 3 aromatic heterocycles. The highest BCUT2D eigenvalue weighted by atomic mass is 16.6. The summed E-state index contributed by atoms with van der Waals surface area (Å²) in [6, 6.07) is 10.4. The zero-order valence-electron chi connectivity index (χ0n) is 21.6. The van der Waals surface area contributed by atoms with Crippen molar-refractivity contribution in [2.45, 2.75) is 39.5 Å². The summed E-state index contributed by atoms with van der Waals surface area (Å²) in [5.74, 6) is 0.266. The van der Waals surface area contributed by atoms with Crippen LogP contribution < -0.4 is 16.2 Å². The fraction of sp³-hybridized carbons (Fsp3) is 0.308. The Hall–Kier alpha value is -4.76. The number of nitriles is 1. The smallest absolute Gasteiger partial charge is 0.412 e. The Morgan fingerprint density at radius 2 is 2.00 bits per heavy atom. The molecule has 38 heavy (non-hydrogen) atoms. The van der Waals surface area contributed by atoms with E-state index >= 15 is 0 Å². The minimum Gasteiger partial charge on any atom is -0.444 e. The highest BCUT2D eigenvalue weighted by Gasteiger charge is 2.17. The summed E-state index contributed by atoms with van der Waals surface area (Å²) in [5.41, 5.74) is 1.09. The van der Waals surface area contributed by atoms with E-state index in [1.54, 1.807) is 69.4 Å². The van der Waals surface area contributed by atoms with Gasteiger partial charge in [0.25, 0.3) is 5.56 Å². The number of carbonyl (C=O) groups is 1. The maximum absolute atomic E-state index is 13.2. The summed E-state index contributed by atoms with van der Waals surface area (Å²) < 4.78 is 13.5. The molecule has 0 spiro atoms. The van der Waals surface area contributed by atoms with Crippen LogP contribution >= 0.6 is 0 Å². The lowest BCUT2D eigenvalue weighted by atomic mass is 10.1. The van der Waals surface area contributed by atoms with E-state index in [1.165, 1.54) is 10.6 Å². The Bertz CT molecular complexity index is 1560. The Labute approximate surface area is 218 Å². The van der Waals surface area contributed by atoms with Crippen LogP contribution in [0.3, 0.4) is 0 Å². The molecular weight excluding hydrogens is 488 g/mol. The van der Waals surface area contributed by atoms with Gasteiger partial charge in [-0.05, 0) is 44.5 Å². The maximum atomic E-state index is 13.2. The number of methoxy groups -OCH3 is 1. The number of aromatic nitrogens is 5. The molecule has 3 heterocycles. The molecule has 0 aliphatic carbocycles. The normalized spacial score (nSPS) is 11.2. The van der Waals surface area contributed by atoms with Crippen molar-refractivity contribution in [2.24, 2.45) is 0 Å². The molecule has 1 amide bonds. The van der Waals surface area contributed by atoms with Crippen molar-refractivity contribution < 1.29 is 14.3 Å². The predicted octanol–water partition coefficient (Wildman–Crippen LogP) is 3.64. The van der Waals surface area contributed by atoms with Crippen molar-refractivity contribution in [2.75, 3.05) is 24.4 Å². The molecule has 0 atom stereocenters. The number of benzene rings is 1. The van der Waals surface area contributed by atoms with E-state index in [2.05, 4.69) is 25.7 Å². The van der Waals surface area contributed by atoms with Crippen LogP contribution in [0.5, 0.6) is 0 Å². The zero-order valence-corrected chi connectivity index (χ0v) is 21.6. The van der Waals surface area contributed by atoms with Gasteiger partial charge in [-0.2, -0.15) is 15.3 Å². The van der Waals surface area contributed by atoms with Crippen LogP contribution in [0.4, 0.5) is 22.1 Å². The molecule has 0 bridgehead atoms. The standard InChI is InChI=1S/C26H28N8O4/c1-26(2,3)38-25(36)31-20-7-5-6-17(10-20)15-34-22-19(11-18(12-27)23(34)35)13-28-24(32-22)30-21-14-29-33(16-21)8-9-37-4/h5-7,10-11,13-14,16H,8-9,15H2,1-4H3,(H,31,36)(H,28,30,32).